The summed E-state index contributed by atoms with van der Waals surface area (Å²) >= 11 is 0. The number of aliphatic hydroxyl groups excluding tert-OH is 1. The molecule has 0 aromatic heterocycles. The molecule has 0 saturated carbocycles. The minimum Gasteiger partial charge on any atom is -0.390 e. The SMILES string of the molecule is CCCOCC(O)Cc1ccc(F)c(F)c1. The second kappa shape index (κ2) is 6.55. The zero-order valence-electron chi connectivity index (χ0n) is 9.25. The van der Waals surface area contributed by atoms with Crippen LogP contribution in [0.1, 0.15) is 18.9 Å². The molecule has 0 saturated heterocycles. The van der Waals surface area contributed by atoms with Crippen LogP contribution in [0.15, 0.2) is 18.2 Å². The quantitative estimate of drug-likeness (QED) is 0.760. The summed E-state index contributed by atoms with van der Waals surface area (Å²) < 4.78 is 30.6. The summed E-state index contributed by atoms with van der Waals surface area (Å²) in [6.45, 7) is 2.78. The van der Waals surface area contributed by atoms with Gasteiger partial charge < -0.3 is 9.84 Å². The van der Waals surface area contributed by atoms with Crippen LogP contribution in [0.5, 0.6) is 0 Å². The Morgan fingerprint density at radius 3 is 2.69 bits per heavy atom. The van der Waals surface area contributed by atoms with Crippen LogP contribution < -0.4 is 0 Å². The fourth-order valence-electron chi connectivity index (χ4n) is 1.36. The Hall–Kier alpha value is -1.00. The number of benzene rings is 1. The number of rotatable bonds is 6. The second-order valence-electron chi connectivity index (χ2n) is 3.68. The van der Waals surface area contributed by atoms with Gasteiger partial charge in [-0.1, -0.05) is 13.0 Å². The van der Waals surface area contributed by atoms with Crippen molar-refractivity contribution in [2.45, 2.75) is 25.9 Å². The number of aliphatic hydroxyl groups is 1. The third-order valence-corrected chi connectivity index (χ3v) is 2.11. The lowest BCUT2D eigenvalue weighted by Crippen LogP contribution is -2.18. The van der Waals surface area contributed by atoms with Crippen molar-refractivity contribution in [1.29, 1.82) is 0 Å². The highest BCUT2D eigenvalue weighted by atomic mass is 19.2. The van der Waals surface area contributed by atoms with Gasteiger partial charge in [-0.05, 0) is 24.1 Å². The van der Waals surface area contributed by atoms with Crippen LogP contribution in [0.25, 0.3) is 0 Å². The van der Waals surface area contributed by atoms with Gasteiger partial charge in [-0.2, -0.15) is 0 Å². The Balaban J connectivity index is 2.43. The molecule has 0 radical (unpaired) electrons. The van der Waals surface area contributed by atoms with E-state index in [0.717, 1.165) is 18.6 Å². The van der Waals surface area contributed by atoms with Crippen LogP contribution >= 0.6 is 0 Å². The van der Waals surface area contributed by atoms with E-state index in [1.165, 1.54) is 6.07 Å². The summed E-state index contributed by atoms with van der Waals surface area (Å²) in [5.41, 5.74) is 0.562. The maximum absolute atomic E-state index is 12.8. The lowest BCUT2D eigenvalue weighted by atomic mass is 10.1. The van der Waals surface area contributed by atoms with E-state index in [2.05, 4.69) is 0 Å². The van der Waals surface area contributed by atoms with Crippen molar-refractivity contribution < 1.29 is 18.6 Å². The smallest absolute Gasteiger partial charge is 0.159 e. The molecule has 4 heteroatoms. The topological polar surface area (TPSA) is 29.5 Å². The van der Waals surface area contributed by atoms with Gasteiger partial charge in [0.15, 0.2) is 11.6 Å². The first kappa shape index (κ1) is 13.1. The first-order valence-corrected chi connectivity index (χ1v) is 5.33. The molecule has 1 aromatic carbocycles. The van der Waals surface area contributed by atoms with Crippen molar-refractivity contribution >= 4 is 0 Å². The number of ether oxygens (including phenoxy) is 1. The largest absolute Gasteiger partial charge is 0.390 e. The van der Waals surface area contributed by atoms with Crippen LogP contribution in [0.4, 0.5) is 8.78 Å². The summed E-state index contributed by atoms with van der Waals surface area (Å²) in [6.07, 6.45) is 0.468. The Labute approximate surface area is 93.9 Å². The van der Waals surface area contributed by atoms with Crippen LogP contribution in [-0.2, 0) is 11.2 Å². The standard InChI is InChI=1S/C12H16F2O2/c1-2-5-16-8-10(15)6-9-3-4-11(13)12(14)7-9/h3-4,7,10,15H,2,5-6,8H2,1H3. The number of halogens is 2. The first-order chi connectivity index (χ1) is 7.63. The minimum atomic E-state index is -0.890. The van der Waals surface area contributed by atoms with Crippen molar-refractivity contribution in [3.63, 3.8) is 0 Å². The fourth-order valence-corrected chi connectivity index (χ4v) is 1.36. The van der Waals surface area contributed by atoms with Gasteiger partial charge in [-0.15, -0.1) is 0 Å². The number of hydrogen-bond donors (Lipinski definition) is 1. The van der Waals surface area contributed by atoms with E-state index in [-0.39, 0.29) is 13.0 Å². The predicted octanol–water partition coefficient (Wildman–Crippen LogP) is 2.29. The second-order valence-corrected chi connectivity index (χ2v) is 3.68. The van der Waals surface area contributed by atoms with E-state index in [1.54, 1.807) is 0 Å². The Kier molecular flexibility index (Phi) is 5.35. The third kappa shape index (κ3) is 4.24. The van der Waals surface area contributed by atoms with Crippen molar-refractivity contribution in [3.05, 3.63) is 35.4 Å². The van der Waals surface area contributed by atoms with E-state index < -0.39 is 17.7 Å². The average Bonchev–Trinajstić information content (AvgIpc) is 2.24. The molecule has 1 aromatic rings. The molecule has 0 aliphatic carbocycles. The van der Waals surface area contributed by atoms with E-state index in [4.69, 9.17) is 4.74 Å². The van der Waals surface area contributed by atoms with Crippen molar-refractivity contribution in [2.24, 2.45) is 0 Å². The van der Waals surface area contributed by atoms with Gasteiger partial charge in [-0.25, -0.2) is 8.78 Å². The molecular formula is C12H16F2O2. The zero-order chi connectivity index (χ0) is 12.0. The van der Waals surface area contributed by atoms with Crippen LogP contribution in [0.3, 0.4) is 0 Å². The molecule has 1 unspecified atom stereocenters. The molecule has 0 aliphatic heterocycles. The molecule has 1 atom stereocenters. The van der Waals surface area contributed by atoms with E-state index in [9.17, 15) is 13.9 Å². The van der Waals surface area contributed by atoms with E-state index in [1.807, 2.05) is 6.92 Å². The van der Waals surface area contributed by atoms with Gasteiger partial charge in [0.1, 0.15) is 0 Å². The van der Waals surface area contributed by atoms with Crippen LogP contribution in [-0.4, -0.2) is 24.4 Å². The summed E-state index contributed by atoms with van der Waals surface area (Å²) in [7, 11) is 0. The molecule has 0 fully saturated rings. The molecule has 90 valence electrons. The van der Waals surface area contributed by atoms with Gasteiger partial charge in [0, 0.05) is 13.0 Å². The normalized spacial score (nSPS) is 12.8. The van der Waals surface area contributed by atoms with Gasteiger partial charge in [0.05, 0.1) is 12.7 Å². The predicted molar refractivity (Wildman–Crippen MR) is 57.2 cm³/mol. The Bertz CT molecular complexity index is 329. The molecular weight excluding hydrogens is 214 g/mol. The van der Waals surface area contributed by atoms with Crippen molar-refractivity contribution in [3.8, 4) is 0 Å². The highest BCUT2D eigenvalue weighted by Crippen LogP contribution is 2.10. The molecule has 16 heavy (non-hydrogen) atoms. The highest BCUT2D eigenvalue weighted by molar-refractivity contribution is 5.18. The highest BCUT2D eigenvalue weighted by Gasteiger charge is 2.08. The molecule has 0 spiro atoms. The molecule has 2 nitrogen and oxygen atoms in total. The summed E-state index contributed by atoms with van der Waals surface area (Å²) in [4.78, 5) is 0. The third-order valence-electron chi connectivity index (χ3n) is 2.11. The molecule has 0 aliphatic rings. The molecule has 0 amide bonds. The molecule has 0 bridgehead atoms. The molecule has 1 N–H and O–H groups in total. The fraction of sp³-hybridized carbons (Fsp3) is 0.500. The van der Waals surface area contributed by atoms with E-state index in [0.29, 0.717) is 12.2 Å². The monoisotopic (exact) mass is 230 g/mol. The summed E-state index contributed by atoms with van der Waals surface area (Å²) in [5.74, 6) is -1.76. The molecule has 0 heterocycles. The average molecular weight is 230 g/mol. The van der Waals surface area contributed by atoms with Crippen LogP contribution in [0, 0.1) is 11.6 Å². The first-order valence-electron chi connectivity index (χ1n) is 5.33. The summed E-state index contributed by atoms with van der Waals surface area (Å²) in [5, 5.41) is 9.55. The minimum absolute atomic E-state index is 0.215. The Morgan fingerprint density at radius 2 is 2.06 bits per heavy atom. The number of hydrogen-bond acceptors (Lipinski definition) is 2. The van der Waals surface area contributed by atoms with Crippen molar-refractivity contribution in [2.75, 3.05) is 13.2 Å². The maximum Gasteiger partial charge on any atom is 0.159 e. The van der Waals surface area contributed by atoms with E-state index >= 15 is 0 Å². The molecule has 1 rings (SSSR count). The lowest BCUT2D eigenvalue weighted by molar-refractivity contribution is 0.0374. The Morgan fingerprint density at radius 1 is 1.31 bits per heavy atom. The van der Waals surface area contributed by atoms with Gasteiger partial charge in [0.2, 0.25) is 0 Å². The van der Waals surface area contributed by atoms with Crippen molar-refractivity contribution in [1.82, 2.24) is 0 Å². The summed E-state index contributed by atoms with van der Waals surface area (Å²) in [6, 6.07) is 3.62. The van der Waals surface area contributed by atoms with Gasteiger partial charge in [0.25, 0.3) is 0 Å². The van der Waals surface area contributed by atoms with Gasteiger partial charge in [-0.3, -0.25) is 0 Å². The zero-order valence-corrected chi connectivity index (χ0v) is 9.25. The van der Waals surface area contributed by atoms with Gasteiger partial charge >= 0.3 is 0 Å². The maximum atomic E-state index is 12.8. The lowest BCUT2D eigenvalue weighted by Gasteiger charge is -2.11. The van der Waals surface area contributed by atoms with Crippen LogP contribution in [0.2, 0.25) is 0 Å².